The van der Waals surface area contributed by atoms with Gasteiger partial charge < -0.3 is 10.0 Å². The zero-order valence-electron chi connectivity index (χ0n) is 12.9. The topological polar surface area (TPSA) is 55.8 Å². The molecule has 0 bridgehead atoms. The number of nitrogens with zero attached hydrogens (tertiary/aromatic N) is 2. The van der Waals surface area contributed by atoms with Crippen LogP contribution in [-0.2, 0) is 4.79 Å². The number of piperazine rings is 1. The summed E-state index contributed by atoms with van der Waals surface area (Å²) >= 11 is 0. The third-order valence-electron chi connectivity index (χ3n) is 3.94. The maximum atomic E-state index is 11.5. The van der Waals surface area contributed by atoms with Gasteiger partial charge >= 0.3 is 5.97 Å². The van der Waals surface area contributed by atoms with Crippen molar-refractivity contribution in [2.75, 3.05) is 33.2 Å². The van der Waals surface area contributed by atoms with Crippen molar-refractivity contribution in [3.8, 4) is 0 Å². The molecule has 0 saturated carbocycles. The van der Waals surface area contributed by atoms with Crippen molar-refractivity contribution in [2.45, 2.75) is 51.7 Å². The second-order valence-corrected chi connectivity index (χ2v) is 6.33. The first-order valence-corrected chi connectivity index (χ1v) is 7.18. The van der Waals surface area contributed by atoms with Crippen LogP contribution in [0.4, 0.5) is 0 Å². The Balaban J connectivity index is 2.61. The molecule has 2 unspecified atom stereocenters. The zero-order chi connectivity index (χ0) is 14.6. The Bertz CT molecular complexity index is 301. The van der Waals surface area contributed by atoms with Crippen LogP contribution in [0.15, 0.2) is 0 Å². The normalized spacial score (nSPS) is 23.3. The smallest absolute Gasteiger partial charge is 0.323 e. The predicted molar refractivity (Wildman–Crippen MR) is 77.5 cm³/mol. The standard InChI is InChI=1S/C14H29N3O2/c1-11(2)15-14(4,13(18)19)10-12(3)17-8-6-16(5)7-9-17/h11-12,15H,6-10H2,1-5H3,(H,18,19). The molecule has 1 saturated heterocycles. The molecule has 0 radical (unpaired) electrons. The molecule has 1 aliphatic rings. The van der Waals surface area contributed by atoms with Gasteiger partial charge in [0.15, 0.2) is 0 Å². The van der Waals surface area contributed by atoms with Gasteiger partial charge in [-0.25, -0.2) is 0 Å². The van der Waals surface area contributed by atoms with Crippen LogP contribution < -0.4 is 5.32 Å². The van der Waals surface area contributed by atoms with Gasteiger partial charge in [0.2, 0.25) is 0 Å². The van der Waals surface area contributed by atoms with Gasteiger partial charge in [0, 0.05) is 38.3 Å². The van der Waals surface area contributed by atoms with Crippen molar-refractivity contribution in [2.24, 2.45) is 0 Å². The van der Waals surface area contributed by atoms with E-state index in [2.05, 4.69) is 29.1 Å². The lowest BCUT2D eigenvalue weighted by atomic mass is 9.91. The van der Waals surface area contributed by atoms with Crippen LogP contribution in [-0.4, -0.2) is 71.7 Å². The van der Waals surface area contributed by atoms with Crippen molar-refractivity contribution in [3.05, 3.63) is 0 Å². The number of nitrogens with one attached hydrogen (secondary N) is 1. The predicted octanol–water partition coefficient (Wildman–Crippen LogP) is 0.854. The summed E-state index contributed by atoms with van der Waals surface area (Å²) in [5, 5.41) is 12.7. The highest BCUT2D eigenvalue weighted by Crippen LogP contribution is 2.19. The summed E-state index contributed by atoms with van der Waals surface area (Å²) in [6.45, 7) is 12.1. The first-order chi connectivity index (χ1) is 8.74. The van der Waals surface area contributed by atoms with E-state index in [1.807, 2.05) is 13.8 Å². The summed E-state index contributed by atoms with van der Waals surface area (Å²) in [6, 6.07) is 0.446. The van der Waals surface area contributed by atoms with Gasteiger partial charge in [-0.1, -0.05) is 0 Å². The minimum absolute atomic E-state index is 0.167. The summed E-state index contributed by atoms with van der Waals surface area (Å²) in [4.78, 5) is 16.2. The van der Waals surface area contributed by atoms with Crippen LogP contribution in [0.3, 0.4) is 0 Å². The van der Waals surface area contributed by atoms with Crippen molar-refractivity contribution < 1.29 is 9.90 Å². The second kappa shape index (κ2) is 6.68. The molecule has 0 aromatic heterocycles. The van der Waals surface area contributed by atoms with E-state index in [1.54, 1.807) is 6.92 Å². The fourth-order valence-electron chi connectivity index (χ4n) is 2.83. The lowest BCUT2D eigenvalue weighted by molar-refractivity contribution is -0.145. The highest BCUT2D eigenvalue weighted by atomic mass is 16.4. The highest BCUT2D eigenvalue weighted by molar-refractivity contribution is 5.78. The van der Waals surface area contributed by atoms with Crippen molar-refractivity contribution in [1.82, 2.24) is 15.1 Å². The molecule has 0 aromatic rings. The first-order valence-electron chi connectivity index (χ1n) is 7.18. The van der Waals surface area contributed by atoms with Gasteiger partial charge in [-0.3, -0.25) is 15.0 Å². The number of hydrogen-bond acceptors (Lipinski definition) is 4. The number of carbonyl (C=O) groups is 1. The minimum atomic E-state index is -0.850. The molecule has 19 heavy (non-hydrogen) atoms. The van der Waals surface area contributed by atoms with Crippen LogP contribution >= 0.6 is 0 Å². The monoisotopic (exact) mass is 271 g/mol. The molecule has 1 heterocycles. The van der Waals surface area contributed by atoms with Crippen LogP contribution in [0.5, 0.6) is 0 Å². The first kappa shape index (κ1) is 16.4. The van der Waals surface area contributed by atoms with E-state index >= 15 is 0 Å². The molecule has 0 amide bonds. The fraction of sp³-hybridized carbons (Fsp3) is 0.929. The molecule has 112 valence electrons. The number of likely N-dealkylation sites (N-methyl/N-ethyl adjacent to an activating group) is 1. The van der Waals surface area contributed by atoms with Crippen LogP contribution in [0.25, 0.3) is 0 Å². The Morgan fingerprint density at radius 2 is 1.79 bits per heavy atom. The Hall–Kier alpha value is -0.650. The van der Waals surface area contributed by atoms with Crippen LogP contribution in [0.2, 0.25) is 0 Å². The number of aliphatic carboxylic acids is 1. The summed E-state index contributed by atoms with van der Waals surface area (Å²) in [5.41, 5.74) is -0.850. The van der Waals surface area contributed by atoms with Gasteiger partial charge in [0.25, 0.3) is 0 Å². The van der Waals surface area contributed by atoms with Crippen molar-refractivity contribution >= 4 is 5.97 Å². The SMILES string of the molecule is CC(C)NC(C)(CC(C)N1CCN(C)CC1)C(=O)O. The van der Waals surface area contributed by atoms with Gasteiger partial charge in [-0.2, -0.15) is 0 Å². The number of carboxylic acids is 1. The average molecular weight is 271 g/mol. The molecule has 5 heteroatoms. The summed E-state index contributed by atoms with van der Waals surface area (Å²) < 4.78 is 0. The maximum Gasteiger partial charge on any atom is 0.323 e. The Morgan fingerprint density at radius 3 is 2.21 bits per heavy atom. The third-order valence-corrected chi connectivity index (χ3v) is 3.94. The molecular formula is C14H29N3O2. The number of rotatable bonds is 6. The summed E-state index contributed by atoms with van der Waals surface area (Å²) in [6.07, 6.45) is 0.629. The molecule has 0 aromatic carbocycles. The Kier molecular flexibility index (Phi) is 5.77. The lowest BCUT2D eigenvalue weighted by Crippen LogP contribution is -2.57. The maximum absolute atomic E-state index is 11.5. The van der Waals surface area contributed by atoms with Gasteiger partial charge in [-0.05, 0) is 41.2 Å². The fourth-order valence-corrected chi connectivity index (χ4v) is 2.83. The van der Waals surface area contributed by atoms with Gasteiger partial charge in [-0.15, -0.1) is 0 Å². The summed E-state index contributed by atoms with van der Waals surface area (Å²) in [7, 11) is 2.13. The van der Waals surface area contributed by atoms with E-state index in [1.165, 1.54) is 0 Å². The highest BCUT2D eigenvalue weighted by Gasteiger charge is 2.36. The molecule has 1 aliphatic heterocycles. The molecule has 0 spiro atoms. The lowest BCUT2D eigenvalue weighted by Gasteiger charge is -2.40. The number of hydrogen-bond donors (Lipinski definition) is 2. The molecule has 1 rings (SSSR count). The van der Waals surface area contributed by atoms with E-state index < -0.39 is 11.5 Å². The van der Waals surface area contributed by atoms with Crippen molar-refractivity contribution in [3.63, 3.8) is 0 Å². The van der Waals surface area contributed by atoms with Gasteiger partial charge in [0.1, 0.15) is 5.54 Å². The molecular weight excluding hydrogens is 242 g/mol. The van der Waals surface area contributed by atoms with Crippen molar-refractivity contribution in [1.29, 1.82) is 0 Å². The summed E-state index contributed by atoms with van der Waals surface area (Å²) in [5.74, 6) is -0.762. The van der Waals surface area contributed by atoms with E-state index in [0.29, 0.717) is 6.42 Å². The molecule has 2 atom stereocenters. The quantitative estimate of drug-likeness (QED) is 0.750. The van der Waals surface area contributed by atoms with E-state index in [9.17, 15) is 9.90 Å². The van der Waals surface area contributed by atoms with Gasteiger partial charge in [0.05, 0.1) is 0 Å². The number of carboxylic acid groups (broad SMARTS) is 1. The van der Waals surface area contributed by atoms with E-state index in [4.69, 9.17) is 0 Å². The molecule has 5 nitrogen and oxygen atoms in total. The van der Waals surface area contributed by atoms with E-state index in [-0.39, 0.29) is 12.1 Å². The van der Waals surface area contributed by atoms with E-state index in [0.717, 1.165) is 26.2 Å². The Labute approximate surface area is 117 Å². The van der Waals surface area contributed by atoms with Crippen LogP contribution in [0.1, 0.15) is 34.1 Å². The molecule has 0 aliphatic carbocycles. The van der Waals surface area contributed by atoms with Crippen LogP contribution in [0, 0.1) is 0 Å². The largest absolute Gasteiger partial charge is 0.480 e. The minimum Gasteiger partial charge on any atom is -0.480 e. The third kappa shape index (κ3) is 4.75. The molecule has 1 fully saturated rings. The second-order valence-electron chi connectivity index (χ2n) is 6.33. The Morgan fingerprint density at radius 1 is 1.26 bits per heavy atom. The average Bonchev–Trinajstić information content (AvgIpc) is 2.28. The zero-order valence-corrected chi connectivity index (χ0v) is 12.9. The molecule has 2 N–H and O–H groups in total.